The van der Waals surface area contributed by atoms with E-state index in [1.54, 1.807) is 19.1 Å². The van der Waals surface area contributed by atoms with E-state index in [9.17, 15) is 8.42 Å². The minimum absolute atomic E-state index is 0.0502. The second-order valence-corrected chi connectivity index (χ2v) is 5.78. The molecule has 0 aliphatic heterocycles. The third kappa shape index (κ3) is 2.86. The summed E-state index contributed by atoms with van der Waals surface area (Å²) >= 11 is 0. The highest BCUT2D eigenvalue weighted by Gasteiger charge is 2.22. The zero-order valence-electron chi connectivity index (χ0n) is 9.97. The van der Waals surface area contributed by atoms with Crippen molar-refractivity contribution in [1.82, 2.24) is 4.31 Å². The van der Waals surface area contributed by atoms with Crippen LogP contribution in [0.25, 0.3) is 0 Å². The summed E-state index contributed by atoms with van der Waals surface area (Å²) < 4.78 is 25.5. The van der Waals surface area contributed by atoms with Crippen molar-refractivity contribution in [3.05, 3.63) is 29.3 Å². The van der Waals surface area contributed by atoms with E-state index in [0.29, 0.717) is 12.1 Å². The van der Waals surface area contributed by atoms with Gasteiger partial charge >= 0.3 is 0 Å². The molecule has 0 bridgehead atoms. The van der Waals surface area contributed by atoms with Crippen LogP contribution in [-0.4, -0.2) is 26.3 Å². The first-order valence-corrected chi connectivity index (χ1v) is 6.57. The molecule has 1 aromatic carbocycles. The average molecular weight is 252 g/mol. The van der Waals surface area contributed by atoms with Crippen molar-refractivity contribution in [3.63, 3.8) is 0 Å². The fourth-order valence-corrected chi connectivity index (χ4v) is 2.79. The van der Waals surface area contributed by atoms with Gasteiger partial charge in [0.1, 0.15) is 0 Å². The van der Waals surface area contributed by atoms with E-state index < -0.39 is 10.0 Å². The Balaban J connectivity index is 3.28. The van der Waals surface area contributed by atoms with Crippen LogP contribution in [0.1, 0.15) is 11.1 Å². The van der Waals surface area contributed by atoms with E-state index in [4.69, 9.17) is 12.2 Å². The van der Waals surface area contributed by atoms with Crippen LogP contribution in [0.3, 0.4) is 0 Å². The van der Waals surface area contributed by atoms with Gasteiger partial charge < -0.3 is 5.73 Å². The number of sulfonamides is 1. The molecule has 2 N–H and O–H groups in total. The third-order valence-corrected chi connectivity index (χ3v) is 4.44. The van der Waals surface area contributed by atoms with Gasteiger partial charge in [-0.3, -0.25) is 0 Å². The van der Waals surface area contributed by atoms with Gasteiger partial charge in [-0.25, -0.2) is 8.42 Å². The fraction of sp³-hybridized carbons (Fsp3) is 0.333. The van der Waals surface area contributed by atoms with Crippen molar-refractivity contribution < 1.29 is 8.42 Å². The zero-order valence-corrected chi connectivity index (χ0v) is 10.8. The van der Waals surface area contributed by atoms with Crippen LogP contribution >= 0.6 is 0 Å². The second kappa shape index (κ2) is 5.32. The van der Waals surface area contributed by atoms with E-state index in [1.165, 1.54) is 7.05 Å². The number of rotatable bonds is 4. The summed E-state index contributed by atoms with van der Waals surface area (Å²) in [5.41, 5.74) is 6.97. The van der Waals surface area contributed by atoms with Crippen molar-refractivity contribution in [2.75, 3.05) is 13.6 Å². The maximum atomic E-state index is 12.2. The summed E-state index contributed by atoms with van der Waals surface area (Å²) in [4.78, 5) is 0.262. The van der Waals surface area contributed by atoms with Gasteiger partial charge in [-0.1, -0.05) is 18.1 Å². The Morgan fingerprint density at radius 3 is 2.65 bits per heavy atom. The Morgan fingerprint density at radius 1 is 1.47 bits per heavy atom. The lowest BCUT2D eigenvalue weighted by atomic mass is 10.1. The highest BCUT2D eigenvalue weighted by Crippen LogP contribution is 2.20. The molecule has 17 heavy (non-hydrogen) atoms. The number of benzene rings is 1. The highest BCUT2D eigenvalue weighted by molar-refractivity contribution is 7.89. The number of aryl methyl sites for hydroxylation is 1. The van der Waals surface area contributed by atoms with E-state index >= 15 is 0 Å². The second-order valence-electron chi connectivity index (χ2n) is 3.77. The molecule has 0 aliphatic carbocycles. The molecule has 0 heterocycles. The van der Waals surface area contributed by atoms with Crippen molar-refractivity contribution in [3.8, 4) is 12.3 Å². The molecule has 92 valence electrons. The van der Waals surface area contributed by atoms with E-state index in [2.05, 4.69) is 5.92 Å². The molecule has 0 saturated heterocycles. The molecule has 4 nitrogen and oxygen atoms in total. The molecule has 0 aliphatic rings. The van der Waals surface area contributed by atoms with Gasteiger partial charge in [-0.2, -0.15) is 4.31 Å². The van der Waals surface area contributed by atoms with Gasteiger partial charge in [0.15, 0.2) is 0 Å². The summed E-state index contributed by atoms with van der Waals surface area (Å²) in [5, 5.41) is 0. The van der Waals surface area contributed by atoms with Gasteiger partial charge in [-0.05, 0) is 24.1 Å². The largest absolute Gasteiger partial charge is 0.326 e. The Bertz CT molecular complexity index is 544. The molecule has 0 atom stereocenters. The number of nitrogens with zero attached hydrogens (tertiary/aromatic N) is 1. The molecular weight excluding hydrogens is 236 g/mol. The SMILES string of the molecule is C#CCN(C)S(=O)(=O)c1cc(CN)ccc1C. The van der Waals surface area contributed by atoms with Gasteiger partial charge in [0.25, 0.3) is 0 Å². The minimum Gasteiger partial charge on any atom is -0.326 e. The Kier molecular flexibility index (Phi) is 4.29. The van der Waals surface area contributed by atoms with Gasteiger partial charge in [0, 0.05) is 13.6 Å². The van der Waals surface area contributed by atoms with Crippen LogP contribution in [-0.2, 0) is 16.6 Å². The summed E-state index contributed by atoms with van der Waals surface area (Å²) in [6.07, 6.45) is 5.12. The monoisotopic (exact) mass is 252 g/mol. The molecular formula is C12H16N2O2S. The normalized spacial score (nSPS) is 11.5. The molecule has 0 radical (unpaired) electrons. The van der Waals surface area contributed by atoms with E-state index in [0.717, 1.165) is 9.87 Å². The first kappa shape index (κ1) is 13.7. The van der Waals surface area contributed by atoms with Crippen molar-refractivity contribution in [2.24, 2.45) is 5.73 Å². The van der Waals surface area contributed by atoms with Crippen LogP contribution in [0.15, 0.2) is 23.1 Å². The van der Waals surface area contributed by atoms with Gasteiger partial charge in [0.2, 0.25) is 10.0 Å². The van der Waals surface area contributed by atoms with Gasteiger partial charge in [0.05, 0.1) is 11.4 Å². The quantitative estimate of drug-likeness (QED) is 0.803. The topological polar surface area (TPSA) is 63.4 Å². The smallest absolute Gasteiger partial charge is 0.243 e. The van der Waals surface area contributed by atoms with Crippen LogP contribution in [0, 0.1) is 19.3 Å². The molecule has 1 rings (SSSR count). The standard InChI is InChI=1S/C12H16N2O2S/c1-4-7-14(3)17(15,16)12-8-11(9-13)6-5-10(12)2/h1,5-6,8H,7,9,13H2,2-3H3. The number of hydrogen-bond acceptors (Lipinski definition) is 3. The lowest BCUT2D eigenvalue weighted by Gasteiger charge is -2.16. The molecule has 0 fully saturated rings. The fourth-order valence-electron chi connectivity index (χ4n) is 1.43. The Hall–Kier alpha value is -1.35. The highest BCUT2D eigenvalue weighted by atomic mass is 32.2. The van der Waals surface area contributed by atoms with Crippen LogP contribution in [0.4, 0.5) is 0 Å². The molecule has 0 unspecified atom stereocenters. The summed E-state index contributed by atoms with van der Waals surface area (Å²) in [5.74, 6) is 2.31. The number of hydrogen-bond donors (Lipinski definition) is 1. The Morgan fingerprint density at radius 2 is 2.12 bits per heavy atom. The van der Waals surface area contributed by atoms with Crippen molar-refractivity contribution >= 4 is 10.0 Å². The maximum Gasteiger partial charge on any atom is 0.243 e. The lowest BCUT2D eigenvalue weighted by Crippen LogP contribution is -2.28. The predicted molar refractivity (Wildman–Crippen MR) is 67.7 cm³/mol. The van der Waals surface area contributed by atoms with Crippen molar-refractivity contribution in [1.29, 1.82) is 0 Å². The zero-order chi connectivity index (χ0) is 13.1. The van der Waals surface area contributed by atoms with E-state index in [-0.39, 0.29) is 11.4 Å². The molecule has 0 aromatic heterocycles. The number of nitrogens with two attached hydrogens (primary N) is 1. The van der Waals surface area contributed by atoms with Gasteiger partial charge in [-0.15, -0.1) is 6.42 Å². The Labute approximate surface area is 102 Å². The lowest BCUT2D eigenvalue weighted by molar-refractivity contribution is 0.502. The minimum atomic E-state index is -3.53. The summed E-state index contributed by atoms with van der Waals surface area (Å²) in [6, 6.07) is 5.16. The molecule has 1 aromatic rings. The van der Waals surface area contributed by atoms with Crippen molar-refractivity contribution in [2.45, 2.75) is 18.4 Å². The predicted octanol–water partition coefficient (Wildman–Crippen LogP) is 0.707. The van der Waals surface area contributed by atoms with Crippen LogP contribution in [0.2, 0.25) is 0 Å². The third-order valence-electron chi connectivity index (χ3n) is 2.49. The molecule has 0 amide bonds. The first-order valence-electron chi connectivity index (χ1n) is 5.13. The maximum absolute atomic E-state index is 12.2. The molecule has 0 saturated carbocycles. The first-order chi connectivity index (χ1) is 7.93. The average Bonchev–Trinajstić information content (AvgIpc) is 2.29. The van der Waals surface area contributed by atoms with Crippen LogP contribution < -0.4 is 5.73 Å². The van der Waals surface area contributed by atoms with E-state index in [1.807, 2.05) is 6.07 Å². The summed E-state index contributed by atoms with van der Waals surface area (Å²) in [6.45, 7) is 2.10. The molecule has 0 spiro atoms. The van der Waals surface area contributed by atoms with Crippen LogP contribution in [0.5, 0.6) is 0 Å². The molecule has 5 heteroatoms. The summed E-state index contributed by atoms with van der Waals surface area (Å²) in [7, 11) is -2.07. The number of terminal acetylenes is 1.